The summed E-state index contributed by atoms with van der Waals surface area (Å²) in [6.45, 7) is 9.09. The average molecular weight is 520 g/mol. The number of piperidine rings is 1. The molecule has 1 aliphatic heterocycles. The summed E-state index contributed by atoms with van der Waals surface area (Å²) >= 11 is 0. The van der Waals surface area contributed by atoms with Gasteiger partial charge in [0.15, 0.2) is 5.78 Å². The van der Waals surface area contributed by atoms with Crippen molar-refractivity contribution in [3.05, 3.63) is 63.7 Å². The molecule has 2 aromatic rings. The number of sulfonamides is 1. The summed E-state index contributed by atoms with van der Waals surface area (Å²) in [5.74, 6) is 0.139. The number of Topliss-reactive ketones (excluding diaryl/α,β-unsaturated/α-hetero) is 1. The van der Waals surface area contributed by atoms with Crippen LogP contribution in [0.2, 0.25) is 0 Å². The van der Waals surface area contributed by atoms with Crippen molar-refractivity contribution in [2.45, 2.75) is 56.4 Å². The second kappa shape index (κ2) is 9.09. The molecule has 5 rings (SSSR count). The first-order chi connectivity index (χ1) is 17.5. The fourth-order valence-corrected chi connectivity index (χ4v) is 6.88. The Kier molecular flexibility index (Phi) is 6.30. The Hall–Kier alpha value is -2.99. The van der Waals surface area contributed by atoms with E-state index in [9.17, 15) is 18.5 Å². The smallest absolute Gasteiger partial charge is 0.246 e. The monoisotopic (exact) mass is 519 g/mol. The summed E-state index contributed by atoms with van der Waals surface area (Å²) < 4.78 is 34.4. The van der Waals surface area contributed by atoms with Crippen molar-refractivity contribution in [1.29, 1.82) is 5.26 Å². The third kappa shape index (κ3) is 4.10. The third-order valence-corrected chi connectivity index (χ3v) is 10.0. The van der Waals surface area contributed by atoms with Gasteiger partial charge >= 0.3 is 0 Å². The van der Waals surface area contributed by atoms with Crippen LogP contribution in [0, 0.1) is 11.3 Å². The summed E-state index contributed by atoms with van der Waals surface area (Å²) in [6.07, 6.45) is 2.14. The van der Waals surface area contributed by atoms with Crippen molar-refractivity contribution in [3.8, 4) is 11.8 Å². The number of fused-ring (bicyclic) bond motifs is 3. The lowest BCUT2D eigenvalue weighted by Crippen LogP contribution is -2.38. The highest BCUT2D eigenvalue weighted by molar-refractivity contribution is 7.89. The Balaban J connectivity index is 1.63. The van der Waals surface area contributed by atoms with Gasteiger partial charge in [0, 0.05) is 43.7 Å². The molecule has 0 radical (unpaired) electrons. The number of nitriles is 1. The Morgan fingerprint density at radius 1 is 1.14 bits per heavy atom. The van der Waals surface area contributed by atoms with Crippen molar-refractivity contribution >= 4 is 21.4 Å². The van der Waals surface area contributed by atoms with E-state index in [-0.39, 0.29) is 16.8 Å². The molecule has 0 atom stereocenters. The predicted molar refractivity (Wildman–Crippen MR) is 142 cm³/mol. The van der Waals surface area contributed by atoms with Crippen LogP contribution in [0.3, 0.4) is 0 Å². The van der Waals surface area contributed by atoms with Crippen molar-refractivity contribution in [2.75, 3.05) is 33.7 Å². The van der Waals surface area contributed by atoms with Crippen LogP contribution < -0.4 is 4.74 Å². The van der Waals surface area contributed by atoms with E-state index in [2.05, 4.69) is 31.7 Å². The molecular weight excluding hydrogens is 486 g/mol. The van der Waals surface area contributed by atoms with E-state index in [1.54, 1.807) is 12.1 Å². The largest absolute Gasteiger partial charge is 0.489 e. The van der Waals surface area contributed by atoms with E-state index in [4.69, 9.17) is 4.74 Å². The summed E-state index contributed by atoms with van der Waals surface area (Å²) in [5, 5.41) is 9.36. The molecule has 1 heterocycles. The first-order valence-electron chi connectivity index (χ1n) is 12.8. The van der Waals surface area contributed by atoms with Crippen LogP contribution in [0.5, 0.6) is 5.75 Å². The van der Waals surface area contributed by atoms with Crippen LogP contribution in [0.25, 0.3) is 5.57 Å². The molecule has 37 heavy (non-hydrogen) atoms. The molecule has 8 heteroatoms. The molecule has 0 saturated carbocycles. The van der Waals surface area contributed by atoms with Gasteiger partial charge in [0.2, 0.25) is 10.0 Å². The Labute approximate surface area is 219 Å². The lowest BCUT2D eigenvalue weighted by molar-refractivity contribution is 0.101. The molecule has 0 spiro atoms. The number of carbonyl (C=O) groups is 1. The number of ketones is 1. The van der Waals surface area contributed by atoms with Crippen molar-refractivity contribution in [1.82, 2.24) is 9.21 Å². The van der Waals surface area contributed by atoms with Crippen LogP contribution in [-0.4, -0.2) is 63.2 Å². The number of ether oxygens (including phenoxy) is 1. The molecule has 1 fully saturated rings. The number of allylic oxidation sites excluding steroid dienone is 2. The SMILES string of the molecule is CCN1CCC(Oc2cc3c(cc2S(=O)(=O)N(C)C)C(=O)C2=C(Cc4cc(C#N)ccc42)C3(C)C)CC1. The number of likely N-dealkylation sites (tertiary alicyclic amines) is 1. The number of rotatable bonds is 5. The first kappa shape index (κ1) is 25.7. The van der Waals surface area contributed by atoms with Crippen LogP contribution in [0.1, 0.15) is 66.2 Å². The van der Waals surface area contributed by atoms with Crippen LogP contribution in [0.4, 0.5) is 0 Å². The van der Waals surface area contributed by atoms with Gasteiger partial charge in [0.25, 0.3) is 0 Å². The van der Waals surface area contributed by atoms with E-state index < -0.39 is 15.4 Å². The van der Waals surface area contributed by atoms with Crippen LogP contribution in [-0.2, 0) is 21.9 Å². The van der Waals surface area contributed by atoms with Crippen LogP contribution in [0.15, 0.2) is 40.8 Å². The molecule has 2 aromatic carbocycles. The molecule has 0 aromatic heterocycles. The highest BCUT2D eigenvalue weighted by atomic mass is 32.2. The second-order valence-electron chi connectivity index (χ2n) is 10.9. The molecule has 194 valence electrons. The third-order valence-electron chi connectivity index (χ3n) is 8.19. The highest BCUT2D eigenvalue weighted by Gasteiger charge is 2.44. The van der Waals surface area contributed by atoms with Gasteiger partial charge in [-0.05, 0) is 72.3 Å². The van der Waals surface area contributed by atoms with E-state index in [1.807, 2.05) is 12.1 Å². The Bertz CT molecular complexity index is 1470. The van der Waals surface area contributed by atoms with Gasteiger partial charge in [-0.25, -0.2) is 12.7 Å². The highest BCUT2D eigenvalue weighted by Crippen LogP contribution is 2.51. The van der Waals surface area contributed by atoms with Gasteiger partial charge in [-0.1, -0.05) is 26.8 Å². The van der Waals surface area contributed by atoms with Crippen molar-refractivity contribution < 1.29 is 17.9 Å². The summed E-state index contributed by atoms with van der Waals surface area (Å²) in [5.41, 5.74) is 4.64. The van der Waals surface area contributed by atoms with E-state index in [0.29, 0.717) is 28.9 Å². The fraction of sp³-hybridized carbons (Fsp3) is 0.448. The molecule has 2 aliphatic carbocycles. The lowest BCUT2D eigenvalue weighted by Gasteiger charge is -2.36. The van der Waals surface area contributed by atoms with Gasteiger partial charge in [0.05, 0.1) is 11.6 Å². The number of hydrogen-bond donors (Lipinski definition) is 0. The van der Waals surface area contributed by atoms with Gasteiger partial charge in [-0.2, -0.15) is 5.26 Å². The average Bonchev–Trinajstić information content (AvgIpc) is 3.27. The number of nitrogens with zero attached hydrogens (tertiary/aromatic N) is 3. The van der Waals surface area contributed by atoms with Gasteiger partial charge < -0.3 is 9.64 Å². The minimum Gasteiger partial charge on any atom is -0.489 e. The van der Waals surface area contributed by atoms with E-state index in [0.717, 1.165) is 54.7 Å². The maximum Gasteiger partial charge on any atom is 0.246 e. The molecule has 0 amide bonds. The normalized spacial score (nSPS) is 19.4. The van der Waals surface area contributed by atoms with Crippen molar-refractivity contribution in [2.24, 2.45) is 0 Å². The Morgan fingerprint density at radius 3 is 2.46 bits per heavy atom. The fourth-order valence-electron chi connectivity index (χ4n) is 5.86. The standard InChI is InChI=1S/C29H33N3O4S/c1-6-32-11-9-20(10-12-32)36-25-16-23-22(15-26(25)37(34,35)31(4)5)28(33)27-21-8-7-18(17-30)13-19(21)14-24(27)29(23,2)3/h7-8,13,15-16,20H,6,9-12,14H2,1-5H3. The number of benzene rings is 2. The minimum atomic E-state index is -3.87. The predicted octanol–water partition coefficient (Wildman–Crippen LogP) is 4.16. The minimum absolute atomic E-state index is 0.0282. The van der Waals surface area contributed by atoms with Crippen molar-refractivity contribution in [3.63, 3.8) is 0 Å². The molecule has 0 unspecified atom stereocenters. The van der Waals surface area contributed by atoms with Crippen LogP contribution >= 0.6 is 0 Å². The lowest BCUT2D eigenvalue weighted by atomic mass is 9.68. The summed E-state index contributed by atoms with van der Waals surface area (Å²) in [4.78, 5) is 16.3. The number of carbonyl (C=O) groups excluding carboxylic acids is 1. The maximum absolute atomic E-state index is 13.9. The summed E-state index contributed by atoms with van der Waals surface area (Å²) in [7, 11) is -0.884. The molecule has 7 nitrogen and oxygen atoms in total. The first-order valence-corrected chi connectivity index (χ1v) is 14.2. The quantitative estimate of drug-likeness (QED) is 0.589. The zero-order valence-corrected chi connectivity index (χ0v) is 22.9. The zero-order valence-electron chi connectivity index (χ0n) is 22.1. The van der Waals surface area contributed by atoms with Gasteiger partial charge in [0.1, 0.15) is 16.7 Å². The van der Waals surface area contributed by atoms with E-state index >= 15 is 0 Å². The molecule has 1 saturated heterocycles. The molecule has 0 bridgehead atoms. The maximum atomic E-state index is 13.9. The zero-order chi connectivity index (χ0) is 26.7. The topological polar surface area (TPSA) is 90.7 Å². The van der Waals surface area contributed by atoms with E-state index in [1.165, 1.54) is 24.5 Å². The Morgan fingerprint density at radius 2 is 1.84 bits per heavy atom. The molecule has 3 aliphatic rings. The molecular formula is C29H33N3O4S. The van der Waals surface area contributed by atoms with Gasteiger partial charge in [-0.15, -0.1) is 0 Å². The number of hydrogen-bond acceptors (Lipinski definition) is 6. The second-order valence-corrected chi connectivity index (χ2v) is 13.0. The summed E-state index contributed by atoms with van der Waals surface area (Å²) in [6, 6.07) is 10.9. The van der Waals surface area contributed by atoms with Gasteiger partial charge in [-0.3, -0.25) is 4.79 Å². The molecule has 0 N–H and O–H groups in total.